The maximum Gasteiger partial charge on any atom is 0.251 e. The predicted molar refractivity (Wildman–Crippen MR) is 524 cm³/mol. The van der Waals surface area contributed by atoms with Crippen molar-refractivity contribution in [3.05, 3.63) is 159 Å². The summed E-state index contributed by atoms with van der Waals surface area (Å²) in [5.41, 5.74) is 1.87. The summed E-state index contributed by atoms with van der Waals surface area (Å²) >= 11 is 0. The lowest BCUT2D eigenvalue weighted by molar-refractivity contribution is -0.121. The molecule has 5 aromatic carbocycles. The van der Waals surface area contributed by atoms with Crippen molar-refractivity contribution in [3.63, 3.8) is 0 Å². The van der Waals surface area contributed by atoms with Crippen LogP contribution in [0.2, 0.25) is 0 Å². The van der Waals surface area contributed by atoms with Crippen LogP contribution in [0.5, 0.6) is 28.7 Å². The molecular weight excluding hydrogens is 1850 g/mol. The lowest BCUT2D eigenvalue weighted by Crippen LogP contribution is -2.42. The van der Waals surface area contributed by atoms with Gasteiger partial charge in [0.05, 0.1) is 26.9 Å². The predicted octanol–water partition coefficient (Wildman–Crippen LogP) is 37.0. The number of ether oxygens (including phenoxy) is 5. The van der Waals surface area contributed by atoms with Crippen molar-refractivity contribution >= 4 is 0 Å². The summed E-state index contributed by atoms with van der Waals surface area (Å²) in [6.45, 7) is 32.1. The zero-order valence-electron chi connectivity index (χ0n) is 86.4. The number of benzene rings is 5. The normalized spacial score (nSPS) is 34.2. The first-order valence-corrected chi connectivity index (χ1v) is 53.9. The van der Waals surface area contributed by atoms with E-state index < -0.39 is 149 Å². The summed E-state index contributed by atoms with van der Waals surface area (Å²) in [5.74, 6) is -21.4. The number of alkyl halides is 9. The Balaban J connectivity index is 0.000000169. The third-order valence-corrected chi connectivity index (χ3v) is 37.1. The number of rotatable bonds is 27. The third kappa shape index (κ3) is 27.5. The molecule has 10 fully saturated rings. The molecule has 5 aromatic rings. The molecule has 0 aromatic heterocycles. The fourth-order valence-electron chi connectivity index (χ4n) is 26.1. The van der Waals surface area contributed by atoms with Crippen LogP contribution >= 0.6 is 0 Å². The Kier molecular flexibility index (Phi) is 41.1. The van der Waals surface area contributed by atoms with Gasteiger partial charge in [-0.1, -0.05) is 158 Å². The molecule has 0 saturated heterocycles. The van der Waals surface area contributed by atoms with E-state index in [0.29, 0.717) is 98.4 Å². The number of hydrogen-bond donors (Lipinski definition) is 0. The highest BCUT2D eigenvalue weighted by atomic mass is 19.3. The minimum atomic E-state index is -2.84. The second-order valence-corrected chi connectivity index (χ2v) is 45.7. The monoisotopic (exact) mass is 2010 g/mol. The van der Waals surface area contributed by atoms with Gasteiger partial charge in [0.1, 0.15) is 37.5 Å². The summed E-state index contributed by atoms with van der Waals surface area (Å²) in [6.07, 6.45) is 24.8. The maximum absolute atomic E-state index is 15.1. The van der Waals surface area contributed by atoms with Crippen LogP contribution in [-0.4, -0.2) is 76.2 Å². The molecule has 10 aliphatic carbocycles. The summed E-state index contributed by atoms with van der Waals surface area (Å²) in [4.78, 5) is 0. The van der Waals surface area contributed by atoms with Crippen LogP contribution in [0, 0.1) is 144 Å². The van der Waals surface area contributed by atoms with Gasteiger partial charge in [-0.3, -0.25) is 0 Å². The molecule has 15 rings (SSSR count). The Hall–Kier alpha value is -6.49. The topological polar surface area (TPSA) is 46.2 Å². The highest BCUT2D eigenvalue weighted by Gasteiger charge is 2.55. The van der Waals surface area contributed by atoms with Gasteiger partial charge < -0.3 is 23.7 Å². The van der Waals surface area contributed by atoms with Gasteiger partial charge in [0.2, 0.25) is 29.1 Å². The van der Waals surface area contributed by atoms with Crippen molar-refractivity contribution in [1.82, 2.24) is 0 Å². The minimum Gasteiger partial charge on any atom is -0.494 e. The Bertz CT molecular complexity index is 4750. The number of methoxy groups -OCH3 is 1. The van der Waals surface area contributed by atoms with Gasteiger partial charge in [0.15, 0.2) is 57.8 Å². The average Bonchev–Trinajstić information content (AvgIpc) is 0.800. The summed E-state index contributed by atoms with van der Waals surface area (Å²) < 4.78 is 305. The summed E-state index contributed by atoms with van der Waals surface area (Å²) in [7, 11) is 1.31. The van der Waals surface area contributed by atoms with Crippen molar-refractivity contribution in [3.8, 4) is 28.7 Å². The molecule has 5 nitrogen and oxygen atoms in total. The van der Waals surface area contributed by atoms with Gasteiger partial charge in [-0.2, -0.15) is 22.0 Å². The smallest absolute Gasteiger partial charge is 0.251 e. The van der Waals surface area contributed by atoms with E-state index in [1.165, 1.54) is 87.0 Å². The summed E-state index contributed by atoms with van der Waals surface area (Å²) in [6, 6.07) is 13.9. The molecule has 0 amide bonds. The Morgan fingerprint density at radius 2 is 0.582 bits per heavy atom. The van der Waals surface area contributed by atoms with Crippen molar-refractivity contribution in [2.75, 3.05) is 33.5 Å². The van der Waals surface area contributed by atoms with Gasteiger partial charge >= 0.3 is 0 Å². The fourth-order valence-corrected chi connectivity index (χ4v) is 26.1. The Labute approximate surface area is 829 Å². The van der Waals surface area contributed by atoms with Gasteiger partial charge in [-0.25, -0.2) is 61.5 Å². The molecule has 0 aliphatic heterocycles. The molecule has 15 atom stereocenters. The van der Waals surface area contributed by atoms with E-state index in [2.05, 4.69) is 75.8 Å². The second kappa shape index (κ2) is 50.5. The van der Waals surface area contributed by atoms with Crippen molar-refractivity contribution in [2.45, 2.75) is 419 Å². The molecule has 0 spiro atoms. The van der Waals surface area contributed by atoms with E-state index in [1.54, 1.807) is 13.0 Å². The van der Waals surface area contributed by atoms with E-state index in [1.807, 2.05) is 13.8 Å². The van der Waals surface area contributed by atoms with Gasteiger partial charge in [0, 0.05) is 36.5 Å². The van der Waals surface area contributed by atoms with E-state index in [-0.39, 0.29) is 136 Å². The van der Waals surface area contributed by atoms with Crippen LogP contribution in [0.3, 0.4) is 0 Å². The average molecular weight is 2010 g/mol. The minimum absolute atomic E-state index is 0.0389. The van der Waals surface area contributed by atoms with Crippen LogP contribution in [0.25, 0.3) is 0 Å². The van der Waals surface area contributed by atoms with Gasteiger partial charge in [-0.15, -0.1) is 0 Å². The van der Waals surface area contributed by atoms with E-state index >= 15 is 35.1 Å². The maximum atomic E-state index is 15.1. The lowest BCUT2D eigenvalue weighted by Gasteiger charge is -2.45. The molecule has 10 aliphatic rings. The zero-order valence-corrected chi connectivity index (χ0v) is 86.4. The molecule has 24 heteroatoms. The molecule has 0 radical (unpaired) electrons. The van der Waals surface area contributed by atoms with Gasteiger partial charge in [-0.05, 0) is 369 Å². The van der Waals surface area contributed by atoms with Crippen molar-refractivity contribution < 1.29 is 107 Å². The summed E-state index contributed by atoms with van der Waals surface area (Å²) in [5, 5.41) is 0. The number of hydrogen-bond acceptors (Lipinski definition) is 5. The van der Waals surface area contributed by atoms with Crippen LogP contribution in [0.15, 0.2) is 73.3 Å². The van der Waals surface area contributed by atoms with Crippen LogP contribution in [0.1, 0.15) is 404 Å². The lowest BCUT2D eigenvalue weighted by atomic mass is 9.63. The van der Waals surface area contributed by atoms with E-state index in [0.717, 1.165) is 154 Å². The first-order valence-electron chi connectivity index (χ1n) is 53.9. The van der Waals surface area contributed by atoms with E-state index in [9.17, 15) is 48.3 Å². The molecule has 15 unspecified atom stereocenters. The SMILES string of the molecule is C=CCOc1ccc(C2CCC(C3CCC(C)(CC)CC3)C(F)C2F)c(F)c1F.CCC1(C)CCC(C2CCC(c3ccc(OC)c(F)c3F)CC2F)CC1.CCCOc1ccc(C2CCC(C3CCC(C)(CC)CC3)C(F)(F)C2)c(F)c1F.CCCOc1ccc(C2CCC(C3CCC(C)(CC)CC3)C(F)C2F)c(F)c1F.CCOc1ccc(C2CCC(C3CCC(C)(CC)CC3)C(F)(F)C2)c(F)c1F. The zero-order chi connectivity index (χ0) is 103. The molecule has 0 bridgehead atoms. The quantitative estimate of drug-likeness (QED) is 0.0387. The largest absolute Gasteiger partial charge is 0.494 e. The Morgan fingerprint density at radius 3 is 0.887 bits per heavy atom. The second-order valence-electron chi connectivity index (χ2n) is 45.7. The molecule has 141 heavy (non-hydrogen) atoms. The third-order valence-electron chi connectivity index (χ3n) is 37.1. The first kappa shape index (κ1) is 115. The van der Waals surface area contributed by atoms with Crippen LogP contribution in [0.4, 0.5) is 83.4 Å². The molecule has 794 valence electrons. The molecule has 10 saturated carbocycles. The van der Waals surface area contributed by atoms with Crippen LogP contribution in [-0.2, 0) is 0 Å². The van der Waals surface area contributed by atoms with Crippen molar-refractivity contribution in [1.29, 1.82) is 0 Å². The molecule has 0 N–H and O–H groups in total. The highest BCUT2D eigenvalue weighted by Crippen LogP contribution is 2.60. The van der Waals surface area contributed by atoms with Crippen LogP contribution < -0.4 is 23.7 Å². The molecule has 0 heterocycles. The Morgan fingerprint density at radius 1 is 0.305 bits per heavy atom. The standard InChI is InChI=1S/2C24H34F4O.C24H32F4O.C23H32F4O.C22H31F3O/c1-4-14-29-20-9-7-18(21(25)22(20)26)17-6-8-19(24(27,28)15-17)16-10-12-23(3,5-2)13-11-16;2*1-4-14-29-19-9-8-18(22(27)23(19)28)17-7-6-16(20(25)21(17)26)15-10-12-24(3,5-2)13-11-15;1-4-22(3)12-10-15(11-13-22)18-8-6-16(14-23(18,26)27)17-7-9-19(28-5-2)21(25)20(17)24;1-4-22(2)11-9-14(10-12-22)16-6-5-15(13-18(16)23)17-7-8-19(26-3)21(25)20(17)24/h7,9,16-17,19H,4-6,8,10-15H2,1-3H3;8-9,15-17,20-21H,4-7,10-14H2,1-3H3;4,8-9,15-17,20-21H,1,5-7,10-14H2,2-3H3;7,9,15-16,18H,4-6,8,10-14H2,1-3H3;7-8,14-16,18H,4-6,9-13H2,1-3H3. The highest BCUT2D eigenvalue weighted by molar-refractivity contribution is 5.39. The molecular formula is C117H163F19O5. The van der Waals surface area contributed by atoms with Crippen molar-refractivity contribution in [2.24, 2.45) is 86.3 Å². The fraction of sp³-hybridized carbons (Fsp3) is 0.726. The number of halogens is 19. The van der Waals surface area contributed by atoms with Gasteiger partial charge in [0.25, 0.3) is 11.8 Å². The first-order chi connectivity index (χ1) is 66.9. The van der Waals surface area contributed by atoms with E-state index in [4.69, 9.17) is 23.7 Å².